The van der Waals surface area contributed by atoms with E-state index in [4.69, 9.17) is 9.84 Å². The van der Waals surface area contributed by atoms with E-state index < -0.39 is 5.97 Å². The van der Waals surface area contributed by atoms with Gasteiger partial charge in [0.1, 0.15) is 0 Å². The number of amides is 1. The molecule has 152 valence electrons. The van der Waals surface area contributed by atoms with Gasteiger partial charge in [0.25, 0.3) is 0 Å². The van der Waals surface area contributed by atoms with Crippen LogP contribution in [0, 0.1) is 11.8 Å². The first kappa shape index (κ1) is 20.5. The van der Waals surface area contributed by atoms with Crippen LogP contribution in [0.4, 0.5) is 0 Å². The third-order valence-electron chi connectivity index (χ3n) is 5.97. The molecule has 4 atom stereocenters. The number of nitrogens with zero attached hydrogens (tertiary/aromatic N) is 2. The van der Waals surface area contributed by atoms with Gasteiger partial charge in [-0.2, -0.15) is 5.10 Å². The van der Waals surface area contributed by atoms with Crippen LogP contribution in [-0.2, 0) is 16.0 Å². The fraction of sp³-hybridized carbons (Fsp3) is 0.591. The first-order valence-electron chi connectivity index (χ1n) is 10.3. The van der Waals surface area contributed by atoms with E-state index in [9.17, 15) is 9.59 Å². The fourth-order valence-corrected chi connectivity index (χ4v) is 4.27. The molecule has 0 radical (unpaired) electrons. The molecule has 2 aliphatic heterocycles. The zero-order chi connectivity index (χ0) is 20.1. The van der Waals surface area contributed by atoms with Crippen LogP contribution in [0.2, 0.25) is 0 Å². The van der Waals surface area contributed by atoms with Gasteiger partial charge in [0, 0.05) is 25.6 Å². The van der Waals surface area contributed by atoms with Crippen molar-refractivity contribution < 1.29 is 19.4 Å². The predicted molar refractivity (Wildman–Crippen MR) is 107 cm³/mol. The molecule has 6 heteroatoms. The van der Waals surface area contributed by atoms with E-state index in [0.717, 1.165) is 44.1 Å². The van der Waals surface area contributed by atoms with Gasteiger partial charge in [0.2, 0.25) is 5.91 Å². The summed E-state index contributed by atoms with van der Waals surface area (Å²) in [4.78, 5) is 23.1. The lowest BCUT2D eigenvalue weighted by Gasteiger charge is -2.25. The van der Waals surface area contributed by atoms with E-state index >= 15 is 0 Å². The Morgan fingerprint density at radius 1 is 1.25 bits per heavy atom. The number of aromatic carboxylic acids is 1. The molecule has 6 nitrogen and oxygen atoms in total. The van der Waals surface area contributed by atoms with Gasteiger partial charge < -0.3 is 9.84 Å². The molecule has 3 rings (SSSR count). The lowest BCUT2D eigenvalue weighted by atomic mass is 9.77. The summed E-state index contributed by atoms with van der Waals surface area (Å²) in [5.41, 5.74) is 1.45. The third kappa shape index (κ3) is 4.79. The number of carboxylic acids is 1. The van der Waals surface area contributed by atoms with Crippen LogP contribution in [0.1, 0.15) is 61.4 Å². The van der Waals surface area contributed by atoms with Crippen molar-refractivity contribution in [3.63, 3.8) is 0 Å². The maximum atomic E-state index is 12.1. The number of carbonyl (C=O) groups excluding carboxylic acids is 1. The maximum Gasteiger partial charge on any atom is 0.335 e. The molecule has 1 aromatic carbocycles. The second kappa shape index (κ2) is 9.32. The van der Waals surface area contributed by atoms with Gasteiger partial charge >= 0.3 is 5.97 Å². The zero-order valence-electron chi connectivity index (χ0n) is 16.7. The summed E-state index contributed by atoms with van der Waals surface area (Å²) in [6.45, 7) is 2.07. The van der Waals surface area contributed by atoms with Gasteiger partial charge in [-0.25, -0.2) is 9.80 Å². The Morgan fingerprint density at radius 3 is 2.64 bits per heavy atom. The highest BCUT2D eigenvalue weighted by Crippen LogP contribution is 2.44. The van der Waals surface area contributed by atoms with Crippen LogP contribution in [0.5, 0.6) is 0 Å². The number of benzene rings is 1. The van der Waals surface area contributed by atoms with Gasteiger partial charge in [-0.1, -0.05) is 25.5 Å². The highest BCUT2D eigenvalue weighted by Gasteiger charge is 2.47. The molecule has 2 fully saturated rings. The van der Waals surface area contributed by atoms with Crippen molar-refractivity contribution in [2.45, 2.75) is 64.1 Å². The van der Waals surface area contributed by atoms with Crippen molar-refractivity contribution in [1.29, 1.82) is 0 Å². The summed E-state index contributed by atoms with van der Waals surface area (Å²) in [6.07, 6.45) is 8.80. The smallest absolute Gasteiger partial charge is 0.335 e. The molecule has 2 heterocycles. The molecule has 1 amide bonds. The van der Waals surface area contributed by atoms with Crippen molar-refractivity contribution in [2.24, 2.45) is 16.9 Å². The van der Waals surface area contributed by atoms with Crippen molar-refractivity contribution >= 4 is 18.1 Å². The quantitative estimate of drug-likeness (QED) is 0.518. The summed E-state index contributed by atoms with van der Waals surface area (Å²) < 4.78 is 6.12. The monoisotopic (exact) mass is 386 g/mol. The molecule has 0 saturated carbocycles. The Labute approximate surface area is 166 Å². The fourth-order valence-electron chi connectivity index (χ4n) is 4.27. The van der Waals surface area contributed by atoms with Gasteiger partial charge in [-0.05, 0) is 55.7 Å². The molecule has 2 bridgehead atoms. The Kier molecular flexibility index (Phi) is 6.83. The van der Waals surface area contributed by atoms with Crippen LogP contribution < -0.4 is 0 Å². The molecule has 28 heavy (non-hydrogen) atoms. The van der Waals surface area contributed by atoms with Crippen molar-refractivity contribution in [3.05, 3.63) is 35.4 Å². The van der Waals surface area contributed by atoms with Gasteiger partial charge in [-0.15, -0.1) is 0 Å². The molecule has 0 aromatic heterocycles. The van der Waals surface area contributed by atoms with E-state index in [-0.39, 0.29) is 24.0 Å². The van der Waals surface area contributed by atoms with Gasteiger partial charge in [-0.3, -0.25) is 4.79 Å². The number of aryl methyl sites for hydroxylation is 1. The molecular formula is C22H30N2O4. The largest absolute Gasteiger partial charge is 0.478 e. The number of rotatable bonds is 9. The number of hydrazone groups is 1. The number of fused-ring (bicyclic) bond motifs is 2. The minimum atomic E-state index is -0.901. The van der Waals surface area contributed by atoms with Crippen molar-refractivity contribution in [3.8, 4) is 0 Å². The SMILES string of the molecule is CCCCC(=O)N(C)N=CC1C2CCC(O2)C1CCc1ccc(C(=O)O)cc1. The third-order valence-corrected chi connectivity index (χ3v) is 5.97. The zero-order valence-corrected chi connectivity index (χ0v) is 16.7. The van der Waals surface area contributed by atoms with Crippen LogP contribution in [0.15, 0.2) is 29.4 Å². The van der Waals surface area contributed by atoms with E-state index in [1.165, 1.54) is 5.01 Å². The second-order valence-corrected chi connectivity index (χ2v) is 7.86. The number of unbranched alkanes of at least 4 members (excludes halogenated alkanes) is 1. The molecule has 2 saturated heterocycles. The van der Waals surface area contributed by atoms with Crippen molar-refractivity contribution in [1.82, 2.24) is 5.01 Å². The van der Waals surface area contributed by atoms with Crippen LogP contribution >= 0.6 is 0 Å². The standard InChI is InChI=1S/C22H30N2O4/c1-3-4-5-21(25)24(2)23-14-18-17(19-12-13-20(18)28-19)11-8-15-6-9-16(10-7-15)22(26)27/h6-7,9-10,14,17-20H,3-5,8,11-13H2,1-2H3,(H,26,27). The number of hydrogen-bond donors (Lipinski definition) is 1. The van der Waals surface area contributed by atoms with Gasteiger partial charge in [0.05, 0.1) is 17.8 Å². The Bertz CT molecular complexity index is 716. The molecular weight excluding hydrogens is 356 g/mol. The summed E-state index contributed by atoms with van der Waals surface area (Å²) >= 11 is 0. The highest BCUT2D eigenvalue weighted by molar-refractivity contribution is 5.87. The minimum Gasteiger partial charge on any atom is -0.478 e. The van der Waals surface area contributed by atoms with E-state index in [1.807, 2.05) is 18.3 Å². The average Bonchev–Trinajstić information content (AvgIpc) is 3.30. The maximum absolute atomic E-state index is 12.1. The molecule has 0 aliphatic carbocycles. The Morgan fingerprint density at radius 2 is 1.96 bits per heavy atom. The van der Waals surface area contributed by atoms with Gasteiger partial charge in [0.15, 0.2) is 0 Å². The normalized spacial score (nSPS) is 26.1. The first-order valence-corrected chi connectivity index (χ1v) is 10.3. The molecule has 4 unspecified atom stereocenters. The number of ether oxygens (including phenoxy) is 1. The lowest BCUT2D eigenvalue weighted by Crippen LogP contribution is -2.30. The average molecular weight is 386 g/mol. The van der Waals surface area contributed by atoms with E-state index in [1.54, 1.807) is 19.2 Å². The highest BCUT2D eigenvalue weighted by atomic mass is 16.5. The summed E-state index contributed by atoms with van der Waals surface area (Å²) in [5, 5.41) is 14.9. The van der Waals surface area contributed by atoms with E-state index in [2.05, 4.69) is 12.0 Å². The van der Waals surface area contributed by atoms with E-state index in [0.29, 0.717) is 17.9 Å². The summed E-state index contributed by atoms with van der Waals surface area (Å²) in [6, 6.07) is 7.09. The number of hydrogen-bond acceptors (Lipinski definition) is 4. The van der Waals surface area contributed by atoms with Crippen LogP contribution in [0.3, 0.4) is 0 Å². The van der Waals surface area contributed by atoms with Crippen LogP contribution in [0.25, 0.3) is 0 Å². The van der Waals surface area contributed by atoms with Crippen molar-refractivity contribution in [2.75, 3.05) is 7.05 Å². The second-order valence-electron chi connectivity index (χ2n) is 7.86. The number of carbonyl (C=O) groups is 2. The molecule has 1 aromatic rings. The Hall–Kier alpha value is -2.21. The molecule has 1 N–H and O–H groups in total. The summed E-state index contributed by atoms with van der Waals surface area (Å²) in [7, 11) is 1.72. The predicted octanol–water partition coefficient (Wildman–Crippen LogP) is 3.75. The topological polar surface area (TPSA) is 79.2 Å². The number of carboxylic acid groups (broad SMARTS) is 1. The van der Waals surface area contributed by atoms with Crippen LogP contribution in [-0.4, -0.2) is 47.5 Å². The molecule has 2 aliphatic rings. The lowest BCUT2D eigenvalue weighted by molar-refractivity contribution is -0.130. The minimum absolute atomic E-state index is 0.0530. The summed E-state index contributed by atoms with van der Waals surface area (Å²) in [5.74, 6) is -0.224. The molecule has 0 spiro atoms. The Balaban J connectivity index is 1.59. The first-order chi connectivity index (χ1) is 13.5.